The third kappa shape index (κ3) is 6.39. The van der Waals surface area contributed by atoms with Crippen molar-refractivity contribution in [3.05, 3.63) is 0 Å². The first-order valence-electron chi connectivity index (χ1n) is 5.36. The third-order valence-electron chi connectivity index (χ3n) is 2.57. The molecule has 2 atom stereocenters. The van der Waals surface area contributed by atoms with E-state index in [1.54, 1.807) is 0 Å². The van der Waals surface area contributed by atoms with E-state index in [1.807, 2.05) is 0 Å². The molecule has 0 amide bonds. The molecule has 0 aromatic carbocycles. The largest absolute Gasteiger partial charge is 0.316 e. The van der Waals surface area contributed by atoms with Gasteiger partial charge in [-0.05, 0) is 24.6 Å². The molecule has 2 unspecified atom stereocenters. The summed E-state index contributed by atoms with van der Waals surface area (Å²) < 4.78 is 0. The molecular formula is C11H25NS. The predicted molar refractivity (Wildman–Crippen MR) is 64.5 cm³/mol. The minimum atomic E-state index is 0.675. The standard InChI is InChI=1S/C11H25NS/c1-6-10(4)7-13-8-11(12-5)9(2)3/h9-12H,6-8H2,1-5H3. The van der Waals surface area contributed by atoms with Crippen LogP contribution in [0.4, 0.5) is 0 Å². The minimum absolute atomic E-state index is 0.675. The van der Waals surface area contributed by atoms with Crippen LogP contribution in [0.15, 0.2) is 0 Å². The van der Waals surface area contributed by atoms with Crippen LogP contribution in [0.1, 0.15) is 34.1 Å². The second-order valence-electron chi connectivity index (χ2n) is 4.19. The van der Waals surface area contributed by atoms with Gasteiger partial charge in [0.05, 0.1) is 0 Å². The first-order valence-corrected chi connectivity index (χ1v) is 6.52. The van der Waals surface area contributed by atoms with Crippen molar-refractivity contribution in [3.63, 3.8) is 0 Å². The number of rotatable bonds is 7. The van der Waals surface area contributed by atoms with Crippen molar-refractivity contribution in [1.29, 1.82) is 0 Å². The van der Waals surface area contributed by atoms with E-state index in [9.17, 15) is 0 Å². The van der Waals surface area contributed by atoms with Crippen LogP contribution in [-0.2, 0) is 0 Å². The average Bonchev–Trinajstić information content (AvgIpc) is 2.11. The molecule has 1 N–H and O–H groups in total. The Morgan fingerprint density at radius 3 is 2.15 bits per heavy atom. The SMILES string of the molecule is CCC(C)CSCC(NC)C(C)C. The lowest BCUT2D eigenvalue weighted by Crippen LogP contribution is -2.33. The lowest BCUT2D eigenvalue weighted by molar-refractivity contribution is 0.465. The van der Waals surface area contributed by atoms with E-state index < -0.39 is 0 Å². The Balaban J connectivity index is 3.49. The molecule has 0 saturated heterocycles. The van der Waals surface area contributed by atoms with Gasteiger partial charge in [-0.3, -0.25) is 0 Å². The Bertz CT molecular complexity index is 115. The fourth-order valence-electron chi connectivity index (χ4n) is 1.12. The van der Waals surface area contributed by atoms with Gasteiger partial charge in [0.15, 0.2) is 0 Å². The first-order chi connectivity index (χ1) is 6.11. The normalized spacial score (nSPS) is 16.2. The van der Waals surface area contributed by atoms with Gasteiger partial charge >= 0.3 is 0 Å². The average molecular weight is 203 g/mol. The van der Waals surface area contributed by atoms with E-state index in [4.69, 9.17) is 0 Å². The Morgan fingerprint density at radius 1 is 1.15 bits per heavy atom. The van der Waals surface area contributed by atoms with E-state index in [0.717, 1.165) is 11.8 Å². The summed E-state index contributed by atoms with van der Waals surface area (Å²) in [5.74, 6) is 4.17. The van der Waals surface area contributed by atoms with E-state index in [-0.39, 0.29) is 0 Å². The predicted octanol–water partition coefficient (Wildman–Crippen LogP) is 3.01. The zero-order chi connectivity index (χ0) is 10.3. The molecule has 0 aliphatic heterocycles. The number of thioether (sulfide) groups is 1. The fourth-order valence-corrected chi connectivity index (χ4v) is 2.70. The molecule has 0 fully saturated rings. The molecule has 0 aliphatic rings. The smallest absolute Gasteiger partial charge is 0.0178 e. The van der Waals surface area contributed by atoms with Crippen LogP contribution in [0.2, 0.25) is 0 Å². The van der Waals surface area contributed by atoms with E-state index >= 15 is 0 Å². The molecule has 0 heterocycles. The summed E-state index contributed by atoms with van der Waals surface area (Å²) in [6.07, 6.45) is 1.30. The van der Waals surface area contributed by atoms with Crippen LogP contribution in [0, 0.1) is 11.8 Å². The Morgan fingerprint density at radius 2 is 1.77 bits per heavy atom. The highest BCUT2D eigenvalue weighted by molar-refractivity contribution is 7.99. The molecule has 0 saturated carbocycles. The molecule has 13 heavy (non-hydrogen) atoms. The van der Waals surface area contributed by atoms with Gasteiger partial charge in [-0.2, -0.15) is 11.8 Å². The summed E-state index contributed by atoms with van der Waals surface area (Å²) in [4.78, 5) is 0. The third-order valence-corrected chi connectivity index (χ3v) is 3.97. The summed E-state index contributed by atoms with van der Waals surface area (Å²) in [5, 5.41) is 3.37. The molecule has 0 aromatic heterocycles. The summed E-state index contributed by atoms with van der Waals surface area (Å²) in [6.45, 7) is 9.16. The Kier molecular flexibility index (Phi) is 7.87. The highest BCUT2D eigenvalue weighted by Gasteiger charge is 2.10. The number of hydrogen-bond acceptors (Lipinski definition) is 2. The van der Waals surface area contributed by atoms with Gasteiger partial charge in [-0.15, -0.1) is 0 Å². The van der Waals surface area contributed by atoms with Gasteiger partial charge in [0.25, 0.3) is 0 Å². The lowest BCUT2D eigenvalue weighted by Gasteiger charge is -2.20. The minimum Gasteiger partial charge on any atom is -0.316 e. The number of nitrogens with one attached hydrogen (secondary N) is 1. The van der Waals surface area contributed by atoms with Crippen LogP contribution in [0.3, 0.4) is 0 Å². The van der Waals surface area contributed by atoms with Gasteiger partial charge in [0.2, 0.25) is 0 Å². The van der Waals surface area contributed by atoms with Crippen molar-refractivity contribution < 1.29 is 0 Å². The fraction of sp³-hybridized carbons (Fsp3) is 1.00. The quantitative estimate of drug-likeness (QED) is 0.682. The van der Waals surface area contributed by atoms with Gasteiger partial charge in [0.1, 0.15) is 0 Å². The maximum absolute atomic E-state index is 3.37. The Hall–Kier alpha value is 0.310. The summed E-state index contributed by atoms with van der Waals surface area (Å²) in [6, 6.07) is 0.675. The van der Waals surface area contributed by atoms with Crippen molar-refractivity contribution in [3.8, 4) is 0 Å². The molecule has 0 bridgehead atoms. The highest BCUT2D eigenvalue weighted by Crippen LogP contribution is 2.14. The van der Waals surface area contributed by atoms with Gasteiger partial charge in [0, 0.05) is 11.8 Å². The molecular weight excluding hydrogens is 178 g/mol. The van der Waals surface area contributed by atoms with E-state index in [0.29, 0.717) is 6.04 Å². The molecule has 0 rings (SSSR count). The maximum atomic E-state index is 3.37. The van der Waals surface area contributed by atoms with Gasteiger partial charge < -0.3 is 5.32 Å². The van der Waals surface area contributed by atoms with Crippen molar-refractivity contribution in [2.75, 3.05) is 18.6 Å². The molecule has 80 valence electrons. The second-order valence-corrected chi connectivity index (χ2v) is 5.26. The highest BCUT2D eigenvalue weighted by atomic mass is 32.2. The van der Waals surface area contributed by atoms with Crippen LogP contribution >= 0.6 is 11.8 Å². The Labute approximate surface area is 88.1 Å². The van der Waals surface area contributed by atoms with Gasteiger partial charge in [-0.25, -0.2) is 0 Å². The zero-order valence-corrected chi connectivity index (χ0v) is 10.6. The topological polar surface area (TPSA) is 12.0 Å². The zero-order valence-electron chi connectivity index (χ0n) is 9.76. The van der Waals surface area contributed by atoms with Crippen molar-refractivity contribution >= 4 is 11.8 Å². The molecule has 2 heteroatoms. The lowest BCUT2D eigenvalue weighted by atomic mass is 10.1. The number of hydrogen-bond donors (Lipinski definition) is 1. The maximum Gasteiger partial charge on any atom is 0.0178 e. The van der Waals surface area contributed by atoms with Crippen molar-refractivity contribution in [2.24, 2.45) is 11.8 Å². The summed E-state index contributed by atoms with van der Waals surface area (Å²) in [7, 11) is 2.06. The molecule has 0 spiro atoms. The monoisotopic (exact) mass is 203 g/mol. The first kappa shape index (κ1) is 13.3. The van der Waals surface area contributed by atoms with Crippen LogP contribution in [-0.4, -0.2) is 24.6 Å². The van der Waals surface area contributed by atoms with Crippen LogP contribution in [0.5, 0.6) is 0 Å². The van der Waals surface area contributed by atoms with E-state index in [1.165, 1.54) is 17.9 Å². The summed E-state index contributed by atoms with van der Waals surface area (Å²) >= 11 is 2.08. The molecule has 0 aliphatic carbocycles. The molecule has 0 aromatic rings. The molecule has 1 nitrogen and oxygen atoms in total. The molecule has 0 radical (unpaired) electrons. The van der Waals surface area contributed by atoms with Crippen LogP contribution in [0.25, 0.3) is 0 Å². The van der Waals surface area contributed by atoms with Gasteiger partial charge in [-0.1, -0.05) is 34.1 Å². The van der Waals surface area contributed by atoms with Crippen LogP contribution < -0.4 is 5.32 Å². The van der Waals surface area contributed by atoms with E-state index in [2.05, 4.69) is 51.8 Å². The van der Waals surface area contributed by atoms with Crippen molar-refractivity contribution in [2.45, 2.75) is 40.2 Å². The second kappa shape index (κ2) is 7.69. The summed E-state index contributed by atoms with van der Waals surface area (Å²) in [5.41, 5.74) is 0. The van der Waals surface area contributed by atoms with Crippen molar-refractivity contribution in [1.82, 2.24) is 5.32 Å².